The number of nitrogens with zero attached hydrogens (tertiary/aromatic N) is 5. The summed E-state index contributed by atoms with van der Waals surface area (Å²) in [4.78, 5) is 4.92. The van der Waals surface area contributed by atoms with E-state index in [2.05, 4.69) is 46.8 Å². The van der Waals surface area contributed by atoms with E-state index < -0.39 is 7.36 Å². The molecule has 0 unspecified atom stereocenters. The van der Waals surface area contributed by atoms with Gasteiger partial charge in [0.1, 0.15) is 7.36 Å². The summed E-state index contributed by atoms with van der Waals surface area (Å²) in [5.74, 6) is 0. The molecule has 0 aliphatic carbocycles. The Bertz CT molecular complexity index is 569. The Morgan fingerprint density at radius 1 is 0.733 bits per heavy atom. The first-order chi connectivity index (χ1) is 14.4. The van der Waals surface area contributed by atoms with E-state index in [0.29, 0.717) is 0 Å². The summed E-state index contributed by atoms with van der Waals surface area (Å²) >= 11 is 6.09. The van der Waals surface area contributed by atoms with Gasteiger partial charge in [0.15, 0.2) is 5.11 Å². The van der Waals surface area contributed by atoms with Gasteiger partial charge in [-0.25, -0.2) is 4.74 Å². The summed E-state index contributed by atoms with van der Waals surface area (Å²) in [7, 11) is -1.94. The van der Waals surface area contributed by atoms with E-state index in [4.69, 9.17) is 17.0 Å². The predicted octanol–water partition coefficient (Wildman–Crippen LogP) is 5.49. The molecule has 3 aliphatic heterocycles. The Hall–Kier alpha value is 0.0000000000000000139. The Morgan fingerprint density at radius 3 is 1.53 bits per heavy atom. The molecule has 0 N–H and O–H groups in total. The average molecular weight is 456 g/mol. The minimum Gasteiger partial charge on any atom is -0.345 e. The lowest BCUT2D eigenvalue weighted by molar-refractivity contribution is 0.191. The number of rotatable bonds is 3. The molecule has 7 heteroatoms. The van der Waals surface area contributed by atoms with Crippen molar-refractivity contribution in [2.24, 2.45) is 4.74 Å². The van der Waals surface area contributed by atoms with Gasteiger partial charge in [-0.05, 0) is 44.4 Å². The fourth-order valence-electron chi connectivity index (χ4n) is 5.41. The zero-order chi connectivity index (χ0) is 21.6. The Balaban J connectivity index is 1.99. The molecule has 3 rings (SSSR count). The molecule has 5 nitrogen and oxygen atoms in total. The minimum absolute atomic E-state index is 0.108. The highest BCUT2D eigenvalue weighted by atomic mass is 32.1. The number of likely N-dealkylation sites (N-methyl/N-ethyl adjacent to an activating group) is 1. The molecule has 3 saturated heterocycles. The SMILES string of the molecule is CCN1CCN(C(=S)N=P(N2CCCCCC2)(N2CCCCCC2)C(C)(C)C)CC1. The van der Waals surface area contributed by atoms with Gasteiger partial charge >= 0.3 is 0 Å². The van der Waals surface area contributed by atoms with E-state index in [1.807, 2.05) is 0 Å². The molecule has 0 spiro atoms. The van der Waals surface area contributed by atoms with Crippen molar-refractivity contribution in [3.63, 3.8) is 0 Å². The first kappa shape index (κ1) is 24.6. The minimum atomic E-state index is -1.94. The van der Waals surface area contributed by atoms with Gasteiger partial charge in [0.2, 0.25) is 0 Å². The summed E-state index contributed by atoms with van der Waals surface area (Å²) in [6.07, 6.45) is 10.7. The highest BCUT2D eigenvalue weighted by molar-refractivity contribution is 7.81. The van der Waals surface area contributed by atoms with E-state index in [0.717, 1.165) is 37.8 Å². The largest absolute Gasteiger partial charge is 0.345 e. The molecule has 3 heterocycles. The van der Waals surface area contributed by atoms with Crippen LogP contribution in [0.1, 0.15) is 79.1 Å². The second-order valence-electron chi connectivity index (χ2n) is 10.3. The lowest BCUT2D eigenvalue weighted by Crippen LogP contribution is -2.48. The van der Waals surface area contributed by atoms with Crippen molar-refractivity contribution in [3.8, 4) is 0 Å². The highest BCUT2D eigenvalue weighted by Crippen LogP contribution is 2.67. The lowest BCUT2D eigenvalue weighted by atomic mass is 10.2. The van der Waals surface area contributed by atoms with Crippen LogP contribution < -0.4 is 0 Å². The van der Waals surface area contributed by atoms with Gasteiger partial charge in [-0.1, -0.05) is 53.4 Å². The molecule has 0 aromatic rings. The van der Waals surface area contributed by atoms with Crippen LogP contribution in [-0.2, 0) is 0 Å². The van der Waals surface area contributed by atoms with Crippen LogP contribution in [0.5, 0.6) is 0 Å². The summed E-state index contributed by atoms with van der Waals surface area (Å²) in [6.45, 7) is 19.8. The van der Waals surface area contributed by atoms with Crippen molar-refractivity contribution < 1.29 is 0 Å². The monoisotopic (exact) mass is 455 g/mol. The molecular weight excluding hydrogens is 409 g/mol. The molecule has 3 fully saturated rings. The topological polar surface area (TPSA) is 25.3 Å². The zero-order valence-corrected chi connectivity index (χ0v) is 21.8. The number of hydrogen-bond donors (Lipinski definition) is 0. The van der Waals surface area contributed by atoms with Crippen LogP contribution in [0.25, 0.3) is 0 Å². The molecule has 0 aromatic heterocycles. The number of thiocarbonyl (C=S) groups is 1. The van der Waals surface area contributed by atoms with Crippen LogP contribution in [0.3, 0.4) is 0 Å². The third-order valence-corrected chi connectivity index (χ3v) is 12.3. The molecule has 3 aliphatic rings. The highest BCUT2D eigenvalue weighted by Gasteiger charge is 2.45. The fraction of sp³-hybridized carbons (Fsp3) is 0.957. The second-order valence-corrected chi connectivity index (χ2v) is 14.5. The van der Waals surface area contributed by atoms with Crippen LogP contribution in [0, 0.1) is 0 Å². The first-order valence-corrected chi connectivity index (χ1v) is 14.6. The van der Waals surface area contributed by atoms with Gasteiger partial charge in [-0.15, -0.1) is 0 Å². The van der Waals surface area contributed by atoms with E-state index in [1.165, 1.54) is 77.5 Å². The van der Waals surface area contributed by atoms with Crippen molar-refractivity contribution in [3.05, 3.63) is 0 Å². The quantitative estimate of drug-likeness (QED) is 0.414. The van der Waals surface area contributed by atoms with Gasteiger partial charge in [0.25, 0.3) is 0 Å². The third-order valence-electron chi connectivity index (χ3n) is 7.17. The molecule has 30 heavy (non-hydrogen) atoms. The van der Waals surface area contributed by atoms with Crippen molar-refractivity contribution in [1.29, 1.82) is 0 Å². The van der Waals surface area contributed by atoms with Crippen molar-refractivity contribution in [1.82, 2.24) is 19.1 Å². The van der Waals surface area contributed by atoms with Crippen molar-refractivity contribution in [2.45, 2.75) is 84.2 Å². The smallest absolute Gasteiger partial charge is 0.196 e. The normalized spacial score (nSPS) is 24.3. The molecule has 0 atom stereocenters. The number of hydrogen-bond acceptors (Lipinski definition) is 2. The predicted molar refractivity (Wildman–Crippen MR) is 135 cm³/mol. The Morgan fingerprint density at radius 2 is 1.17 bits per heavy atom. The molecule has 0 amide bonds. The maximum absolute atomic E-state index is 6.09. The summed E-state index contributed by atoms with van der Waals surface area (Å²) in [5.41, 5.74) is 0. The molecule has 174 valence electrons. The van der Waals surface area contributed by atoms with Crippen LogP contribution in [-0.4, -0.2) is 88.3 Å². The van der Waals surface area contributed by atoms with Gasteiger partial charge in [0, 0.05) is 57.5 Å². The zero-order valence-electron chi connectivity index (χ0n) is 20.1. The van der Waals surface area contributed by atoms with E-state index in [-0.39, 0.29) is 5.16 Å². The molecular formula is C23H46N5PS. The first-order valence-electron chi connectivity index (χ1n) is 12.5. The summed E-state index contributed by atoms with van der Waals surface area (Å²) in [6, 6.07) is 0. The standard InChI is InChI=1S/C23H46N5PS/c1-5-25-18-20-26(21-19-25)22(30)24-29(23(2,3)4,27-14-10-6-7-11-15-27)28-16-12-8-9-13-17-28/h5-21H2,1-4H3. The van der Waals surface area contributed by atoms with Crippen LogP contribution in [0.15, 0.2) is 4.74 Å². The maximum atomic E-state index is 6.09. The fourth-order valence-corrected chi connectivity index (χ4v) is 10.6. The van der Waals surface area contributed by atoms with Gasteiger partial charge in [0.05, 0.1) is 0 Å². The Kier molecular flexibility index (Phi) is 9.22. The van der Waals surface area contributed by atoms with Gasteiger partial charge in [-0.2, -0.15) is 0 Å². The second kappa shape index (κ2) is 11.2. The van der Waals surface area contributed by atoms with Gasteiger partial charge < -0.3 is 9.80 Å². The molecule has 0 saturated carbocycles. The third kappa shape index (κ3) is 5.67. The van der Waals surface area contributed by atoms with Crippen LogP contribution in [0.2, 0.25) is 0 Å². The van der Waals surface area contributed by atoms with Crippen molar-refractivity contribution >= 4 is 24.7 Å². The molecule has 0 bridgehead atoms. The number of piperazine rings is 1. The lowest BCUT2D eigenvalue weighted by Gasteiger charge is -2.51. The van der Waals surface area contributed by atoms with Gasteiger partial charge in [-0.3, -0.25) is 9.34 Å². The van der Waals surface area contributed by atoms with E-state index in [1.54, 1.807) is 0 Å². The van der Waals surface area contributed by atoms with Crippen LogP contribution >= 0.6 is 19.6 Å². The maximum Gasteiger partial charge on any atom is 0.196 e. The van der Waals surface area contributed by atoms with E-state index in [9.17, 15) is 0 Å². The molecule has 0 radical (unpaired) electrons. The summed E-state index contributed by atoms with van der Waals surface area (Å²) < 4.78 is 11.4. The summed E-state index contributed by atoms with van der Waals surface area (Å²) in [5, 5.41) is 0.999. The average Bonchev–Trinajstić information content (AvgIpc) is 3.17. The van der Waals surface area contributed by atoms with Crippen LogP contribution in [0.4, 0.5) is 0 Å². The molecule has 0 aromatic carbocycles. The van der Waals surface area contributed by atoms with E-state index >= 15 is 0 Å². The van der Waals surface area contributed by atoms with Crippen molar-refractivity contribution in [2.75, 3.05) is 58.9 Å². The Labute approximate surface area is 191 Å².